The van der Waals surface area contributed by atoms with E-state index in [0.29, 0.717) is 6.42 Å². The summed E-state index contributed by atoms with van der Waals surface area (Å²) in [6, 6.07) is -0.196. The predicted octanol–water partition coefficient (Wildman–Crippen LogP) is 1.51. The van der Waals surface area contributed by atoms with E-state index in [0.717, 1.165) is 10.7 Å². The number of nitrogens with zero attached hydrogens (tertiary/aromatic N) is 1. The Labute approximate surface area is 84.2 Å². The van der Waals surface area contributed by atoms with Crippen LogP contribution in [-0.2, 0) is 10.3 Å². The zero-order valence-corrected chi connectivity index (χ0v) is 9.12. The van der Waals surface area contributed by atoms with Gasteiger partial charge in [0.15, 0.2) is 0 Å². The molecule has 0 aromatic carbocycles. The van der Waals surface area contributed by atoms with E-state index in [4.69, 9.17) is 16.2 Å². The summed E-state index contributed by atoms with van der Waals surface area (Å²) in [7, 11) is -4.09. The Morgan fingerprint density at radius 1 is 1.50 bits per heavy atom. The van der Waals surface area contributed by atoms with Crippen molar-refractivity contribution in [3.8, 4) is 0 Å². The molecule has 0 saturated carbocycles. The van der Waals surface area contributed by atoms with Gasteiger partial charge in [-0.15, -0.1) is 24.0 Å². The fourth-order valence-corrected chi connectivity index (χ4v) is 1.54. The molecule has 0 fully saturated rings. The molecule has 0 aromatic rings. The van der Waals surface area contributed by atoms with Crippen LogP contribution in [0.2, 0.25) is 0 Å². The van der Waals surface area contributed by atoms with Crippen molar-refractivity contribution in [1.29, 1.82) is 0 Å². The predicted molar refractivity (Wildman–Crippen MR) is 51.1 cm³/mol. The topological polar surface area (TPSA) is 57.6 Å². The van der Waals surface area contributed by atoms with E-state index in [-0.39, 0.29) is 25.0 Å². The highest BCUT2D eigenvalue weighted by Gasteiger charge is 2.15. The van der Waals surface area contributed by atoms with Crippen molar-refractivity contribution in [2.24, 2.45) is 0 Å². The normalized spacial score (nSPS) is 11.3. The van der Waals surface area contributed by atoms with Crippen LogP contribution in [-0.4, -0.2) is 29.8 Å². The number of unbranched alkanes of at least 4 members (excludes halogenated alkanes) is 1. The lowest BCUT2D eigenvalue weighted by Gasteiger charge is -2.13. The van der Waals surface area contributed by atoms with Gasteiger partial charge in [-0.2, -0.15) is 12.7 Å². The molecule has 0 radical (unpaired) electrons. The average molecular weight is 238 g/mol. The van der Waals surface area contributed by atoms with Crippen LogP contribution in [0.4, 0.5) is 0 Å². The average Bonchev–Trinajstić information content (AvgIpc) is 1.87. The molecule has 0 spiro atoms. The molecule has 0 amide bonds. The molecule has 1 N–H and O–H groups in total. The first kappa shape index (κ1) is 14.9. The third-order valence-electron chi connectivity index (χ3n) is 1.22. The van der Waals surface area contributed by atoms with E-state index >= 15 is 0 Å². The van der Waals surface area contributed by atoms with Crippen LogP contribution in [0.25, 0.3) is 0 Å². The van der Waals surface area contributed by atoms with Gasteiger partial charge >= 0.3 is 10.3 Å². The first-order valence-corrected chi connectivity index (χ1v) is 5.24. The maximum atomic E-state index is 10.5. The quantitative estimate of drug-likeness (QED) is 0.448. The third-order valence-corrected chi connectivity index (χ3v) is 2.62. The van der Waals surface area contributed by atoms with Crippen molar-refractivity contribution < 1.29 is 13.0 Å². The highest BCUT2D eigenvalue weighted by Crippen LogP contribution is 2.01. The second-order valence-corrected chi connectivity index (χ2v) is 3.78. The summed E-state index contributed by atoms with van der Waals surface area (Å²) < 4.78 is 30.3. The van der Waals surface area contributed by atoms with Gasteiger partial charge in [-0.3, -0.25) is 4.55 Å². The minimum absolute atomic E-state index is 0. The maximum Gasteiger partial charge on any atom is 0.337 e. The molecule has 0 aromatic heterocycles. The highest BCUT2D eigenvalue weighted by atomic mass is 35.5. The summed E-state index contributed by atoms with van der Waals surface area (Å²) >= 11 is 5.27. The van der Waals surface area contributed by atoms with E-state index in [1.165, 1.54) is 0 Å². The van der Waals surface area contributed by atoms with Crippen LogP contribution in [0.1, 0.15) is 19.8 Å². The van der Waals surface area contributed by atoms with Gasteiger partial charge in [0.25, 0.3) is 0 Å². The molecule has 0 atom stereocenters. The van der Waals surface area contributed by atoms with Gasteiger partial charge in [-0.25, -0.2) is 0 Å². The van der Waals surface area contributed by atoms with Crippen molar-refractivity contribution in [2.45, 2.75) is 19.8 Å². The van der Waals surface area contributed by atoms with E-state index in [2.05, 4.69) is 0 Å². The molecule has 12 heavy (non-hydrogen) atoms. The smallest absolute Gasteiger partial charge is 0.273 e. The molecular weight excluding hydrogens is 225 g/mol. The van der Waals surface area contributed by atoms with Gasteiger partial charge in [-0.1, -0.05) is 13.3 Å². The second-order valence-electron chi connectivity index (χ2n) is 2.13. The highest BCUT2D eigenvalue weighted by molar-refractivity contribution is 7.83. The van der Waals surface area contributed by atoms with Crippen LogP contribution >= 0.6 is 24.0 Å². The van der Waals surface area contributed by atoms with Crippen LogP contribution in [0, 0.1) is 0 Å². The minimum atomic E-state index is -4.09. The molecule has 4 nitrogen and oxygen atoms in total. The van der Waals surface area contributed by atoms with Crippen LogP contribution in [0.5, 0.6) is 0 Å². The van der Waals surface area contributed by atoms with E-state index in [1.54, 1.807) is 0 Å². The maximum absolute atomic E-state index is 10.5. The summed E-state index contributed by atoms with van der Waals surface area (Å²) in [4.78, 5) is 0. The van der Waals surface area contributed by atoms with Crippen LogP contribution in [0.15, 0.2) is 0 Å². The fraction of sp³-hybridized carbons (Fsp3) is 1.00. The zero-order valence-electron chi connectivity index (χ0n) is 6.73. The van der Waals surface area contributed by atoms with E-state index in [9.17, 15) is 8.42 Å². The molecule has 0 saturated heterocycles. The van der Waals surface area contributed by atoms with Gasteiger partial charge in [0, 0.05) is 6.54 Å². The number of halogens is 2. The Hall–Kier alpha value is 0.450. The largest absolute Gasteiger partial charge is 0.337 e. The van der Waals surface area contributed by atoms with Crippen molar-refractivity contribution in [1.82, 2.24) is 4.31 Å². The van der Waals surface area contributed by atoms with Gasteiger partial charge in [0.2, 0.25) is 0 Å². The number of hydrogen-bond acceptors (Lipinski definition) is 2. The Morgan fingerprint density at radius 2 is 2.00 bits per heavy atom. The zero-order chi connectivity index (χ0) is 8.91. The number of rotatable bonds is 5. The third kappa shape index (κ3) is 6.02. The standard InChI is InChI=1S/C5H12ClNO3S.ClH/c1-2-3-4-7(5-6)11(8,9)10;/h2-5H2,1H3,(H,8,9,10);1H. The van der Waals surface area contributed by atoms with Crippen molar-refractivity contribution in [3.63, 3.8) is 0 Å². The summed E-state index contributed by atoms with van der Waals surface area (Å²) in [6.07, 6.45) is 1.56. The lowest BCUT2D eigenvalue weighted by molar-refractivity contribution is 0.374. The number of hydrogen-bond donors (Lipinski definition) is 1. The molecule has 76 valence electrons. The molecule has 0 aliphatic heterocycles. The van der Waals surface area contributed by atoms with Gasteiger partial charge < -0.3 is 0 Å². The monoisotopic (exact) mass is 237 g/mol. The molecular formula is C5H13Cl2NO3S. The molecule has 0 heterocycles. The van der Waals surface area contributed by atoms with Gasteiger partial charge in [0.05, 0.1) is 6.00 Å². The lowest BCUT2D eigenvalue weighted by Crippen LogP contribution is -2.30. The Balaban J connectivity index is 0. The first-order valence-electron chi connectivity index (χ1n) is 3.31. The molecule has 0 aliphatic rings. The van der Waals surface area contributed by atoms with Crippen molar-refractivity contribution in [2.75, 3.05) is 12.5 Å². The van der Waals surface area contributed by atoms with Crippen LogP contribution in [0.3, 0.4) is 0 Å². The molecule has 0 bridgehead atoms. The molecule has 7 heteroatoms. The second kappa shape index (κ2) is 6.91. The minimum Gasteiger partial charge on any atom is -0.273 e. The number of alkyl halides is 1. The first-order chi connectivity index (χ1) is 5.02. The summed E-state index contributed by atoms with van der Waals surface area (Å²) in [6.45, 7) is 2.20. The molecule has 0 unspecified atom stereocenters. The SMILES string of the molecule is CCCCN(CCl)S(=O)(=O)O.Cl. The molecule has 0 aliphatic carbocycles. The van der Waals surface area contributed by atoms with E-state index < -0.39 is 10.3 Å². The Bertz CT molecular complexity index is 195. The summed E-state index contributed by atoms with van der Waals surface area (Å²) in [5, 5.41) is 0. The summed E-state index contributed by atoms with van der Waals surface area (Å²) in [5.41, 5.74) is 0. The van der Waals surface area contributed by atoms with Crippen molar-refractivity contribution >= 4 is 34.3 Å². The van der Waals surface area contributed by atoms with Gasteiger partial charge in [0.1, 0.15) is 0 Å². The molecule has 0 rings (SSSR count). The van der Waals surface area contributed by atoms with Crippen molar-refractivity contribution in [3.05, 3.63) is 0 Å². The lowest BCUT2D eigenvalue weighted by atomic mass is 10.3. The summed E-state index contributed by atoms with van der Waals surface area (Å²) in [5.74, 6) is 0. The Kier molecular flexibility index (Phi) is 8.61. The van der Waals surface area contributed by atoms with Gasteiger partial charge in [-0.05, 0) is 6.42 Å². The Morgan fingerprint density at radius 3 is 2.25 bits per heavy atom. The van der Waals surface area contributed by atoms with E-state index in [1.807, 2.05) is 6.92 Å². The fourth-order valence-electron chi connectivity index (χ4n) is 0.571. The van der Waals surface area contributed by atoms with Crippen LogP contribution < -0.4 is 0 Å².